The number of nitrogens with zero attached hydrogens (tertiary/aromatic N) is 1. The van der Waals surface area contributed by atoms with E-state index in [9.17, 15) is 19.4 Å². The topological polar surface area (TPSA) is 70.4 Å². The van der Waals surface area contributed by atoms with Crippen LogP contribution >= 0.6 is 23.2 Å². The zero-order valence-electron chi connectivity index (χ0n) is 14.2. The van der Waals surface area contributed by atoms with Crippen LogP contribution in [0.15, 0.2) is 30.5 Å². The van der Waals surface area contributed by atoms with Gasteiger partial charge in [0.1, 0.15) is 11.4 Å². The number of rotatable bonds is 5. The summed E-state index contributed by atoms with van der Waals surface area (Å²) < 4.78 is 29.1. The molecule has 0 bridgehead atoms. The van der Waals surface area contributed by atoms with Gasteiger partial charge < -0.3 is 10.2 Å². The summed E-state index contributed by atoms with van der Waals surface area (Å²) in [7, 11) is 0. The fraction of sp³-hybridized carbons (Fsp3) is 0.368. The molecule has 27 heavy (non-hydrogen) atoms. The molecule has 0 radical (unpaired) electrons. The van der Waals surface area contributed by atoms with Crippen LogP contribution in [0.2, 0.25) is 10.0 Å². The van der Waals surface area contributed by atoms with Gasteiger partial charge in [-0.1, -0.05) is 35.3 Å². The molecule has 2 atom stereocenters. The van der Waals surface area contributed by atoms with Gasteiger partial charge in [0, 0.05) is 18.2 Å². The van der Waals surface area contributed by atoms with Crippen molar-refractivity contribution < 1.29 is 23.8 Å². The van der Waals surface area contributed by atoms with Crippen molar-refractivity contribution in [3.05, 3.63) is 63.1 Å². The van der Waals surface area contributed by atoms with Crippen LogP contribution in [0.5, 0.6) is 0 Å². The number of hydrogen-bond acceptors (Lipinski definition) is 4. The van der Waals surface area contributed by atoms with E-state index in [0.717, 1.165) is 6.07 Å². The number of aryl methyl sites for hydroxylation is 1. The van der Waals surface area contributed by atoms with Gasteiger partial charge >= 0.3 is 0 Å². The number of benzene rings is 1. The highest BCUT2D eigenvalue weighted by atomic mass is 35.5. The molecule has 0 spiro atoms. The van der Waals surface area contributed by atoms with E-state index in [-0.39, 0.29) is 47.0 Å². The predicted molar refractivity (Wildman–Crippen MR) is 97.0 cm³/mol. The molecule has 1 aromatic heterocycles. The Morgan fingerprint density at radius 1 is 1.22 bits per heavy atom. The van der Waals surface area contributed by atoms with Crippen LogP contribution in [0.4, 0.5) is 8.78 Å². The Morgan fingerprint density at radius 2 is 1.96 bits per heavy atom. The minimum absolute atomic E-state index is 0.00209. The second kappa shape index (κ2) is 7.43. The second-order valence-corrected chi connectivity index (χ2v) is 7.40. The van der Waals surface area contributed by atoms with Gasteiger partial charge in [-0.15, -0.1) is 0 Å². The lowest BCUT2D eigenvalue weighted by molar-refractivity contribution is -0.135. The van der Waals surface area contributed by atoms with E-state index in [1.54, 1.807) is 0 Å². The van der Waals surface area contributed by atoms with E-state index in [1.807, 2.05) is 0 Å². The van der Waals surface area contributed by atoms with Crippen LogP contribution < -0.4 is 0 Å². The van der Waals surface area contributed by atoms with Crippen LogP contribution in [-0.2, 0) is 22.5 Å². The third-order valence-corrected chi connectivity index (χ3v) is 5.90. The Balaban J connectivity index is 1.87. The highest BCUT2D eigenvalue weighted by Crippen LogP contribution is 2.46. The summed E-state index contributed by atoms with van der Waals surface area (Å²) in [5.41, 5.74) is -3.64. The number of aliphatic hydroxyl groups excluding tert-OH is 1. The zero-order chi connectivity index (χ0) is 19.8. The second-order valence-electron chi connectivity index (χ2n) is 6.65. The van der Waals surface area contributed by atoms with Crippen molar-refractivity contribution >= 4 is 29.0 Å². The first kappa shape index (κ1) is 20.1. The van der Waals surface area contributed by atoms with Crippen molar-refractivity contribution in [2.75, 3.05) is 6.61 Å². The van der Waals surface area contributed by atoms with Crippen LogP contribution in [0.3, 0.4) is 0 Å². The first-order valence-corrected chi connectivity index (χ1v) is 9.12. The molecule has 2 N–H and O–H groups in total. The summed E-state index contributed by atoms with van der Waals surface area (Å²) in [5.74, 6) is -1.37. The lowest BCUT2D eigenvalue weighted by Crippen LogP contribution is -2.45. The minimum atomic E-state index is -2.33. The first-order valence-electron chi connectivity index (χ1n) is 8.37. The number of halogens is 4. The zero-order valence-corrected chi connectivity index (χ0v) is 15.7. The quantitative estimate of drug-likeness (QED) is 0.727. The Kier molecular flexibility index (Phi) is 5.54. The van der Waals surface area contributed by atoms with E-state index in [4.69, 9.17) is 23.2 Å². The molecule has 1 aliphatic rings. The number of fused-ring (bicyclic) bond motifs is 1. The molecule has 1 aromatic carbocycles. The Bertz CT molecular complexity index is 895. The van der Waals surface area contributed by atoms with E-state index in [1.165, 1.54) is 24.4 Å². The summed E-state index contributed by atoms with van der Waals surface area (Å²) in [6, 6.07) is 5.41. The Morgan fingerprint density at radius 3 is 2.67 bits per heavy atom. The molecule has 8 heteroatoms. The lowest BCUT2D eigenvalue weighted by Gasteiger charge is -2.38. The average molecular weight is 416 g/mol. The average Bonchev–Trinajstić information content (AvgIpc) is 2.68. The molecule has 4 nitrogen and oxygen atoms in total. The maximum absolute atomic E-state index is 15.7. The van der Waals surface area contributed by atoms with Gasteiger partial charge in [0.2, 0.25) is 0 Å². The number of ketones is 1. The summed E-state index contributed by atoms with van der Waals surface area (Å²) >= 11 is 11.8. The maximum atomic E-state index is 15.7. The fourth-order valence-electron chi connectivity index (χ4n) is 3.38. The van der Waals surface area contributed by atoms with Gasteiger partial charge in [-0.05, 0) is 37.0 Å². The van der Waals surface area contributed by atoms with E-state index in [2.05, 4.69) is 4.98 Å². The van der Waals surface area contributed by atoms with Gasteiger partial charge in [-0.3, -0.25) is 9.78 Å². The molecular weight excluding hydrogens is 399 g/mol. The van der Waals surface area contributed by atoms with Gasteiger partial charge in [-0.2, -0.15) is 0 Å². The van der Waals surface area contributed by atoms with Gasteiger partial charge in [0.05, 0.1) is 22.3 Å². The Labute approximate surface area is 164 Å². The third-order valence-electron chi connectivity index (χ3n) is 5.00. The number of carbonyl (C=O) groups is 1. The molecule has 0 unspecified atom stereocenters. The van der Waals surface area contributed by atoms with Gasteiger partial charge in [-0.25, -0.2) is 8.78 Å². The number of hydrogen-bond donors (Lipinski definition) is 2. The number of aliphatic hydroxyl groups is 2. The number of aromatic nitrogens is 1. The van der Waals surface area contributed by atoms with Crippen LogP contribution in [-0.4, -0.2) is 27.6 Å². The number of alkyl halides is 1. The molecule has 1 heterocycles. The van der Waals surface area contributed by atoms with Crippen molar-refractivity contribution in [1.82, 2.24) is 4.98 Å². The van der Waals surface area contributed by atoms with Crippen LogP contribution in [0, 0.1) is 5.82 Å². The van der Waals surface area contributed by atoms with Gasteiger partial charge in [0.15, 0.2) is 11.5 Å². The molecule has 0 saturated heterocycles. The molecule has 144 valence electrons. The highest BCUT2D eigenvalue weighted by molar-refractivity contribution is 6.42. The third kappa shape index (κ3) is 3.47. The summed E-state index contributed by atoms with van der Waals surface area (Å²) in [6.45, 7) is -0.620. The molecule has 0 fully saturated rings. The predicted octanol–water partition coefficient (Wildman–Crippen LogP) is 3.87. The van der Waals surface area contributed by atoms with Crippen LogP contribution in [0.1, 0.15) is 36.1 Å². The smallest absolute Gasteiger partial charge is 0.195 e. The monoisotopic (exact) mass is 415 g/mol. The highest BCUT2D eigenvalue weighted by Gasteiger charge is 2.51. The van der Waals surface area contributed by atoms with E-state index >= 15 is 4.39 Å². The number of carbonyl (C=O) groups excluding carboxylic acids is 1. The van der Waals surface area contributed by atoms with Crippen molar-refractivity contribution in [2.24, 2.45) is 0 Å². The van der Waals surface area contributed by atoms with Gasteiger partial charge in [0.25, 0.3) is 0 Å². The summed E-state index contributed by atoms with van der Waals surface area (Å²) in [6.07, 6.45) is 0.849. The SMILES string of the molecule is O=C(CCc1ccc(F)c(Cl)c1Cl)[C@]1(F)CC[C@@](O)(CO)c2ncccc21. The molecule has 1 aliphatic carbocycles. The summed E-state index contributed by atoms with van der Waals surface area (Å²) in [4.78, 5) is 16.7. The number of pyridine rings is 1. The van der Waals surface area contributed by atoms with Crippen molar-refractivity contribution in [3.63, 3.8) is 0 Å². The molecular formula is C19H17Cl2F2NO3. The largest absolute Gasteiger partial charge is 0.393 e. The van der Waals surface area contributed by atoms with E-state index in [0.29, 0.717) is 5.56 Å². The van der Waals surface area contributed by atoms with Crippen molar-refractivity contribution in [3.8, 4) is 0 Å². The van der Waals surface area contributed by atoms with Crippen molar-refractivity contribution in [1.29, 1.82) is 0 Å². The molecule has 3 rings (SSSR count). The van der Waals surface area contributed by atoms with E-state index < -0.39 is 29.5 Å². The fourth-order valence-corrected chi connectivity index (χ4v) is 3.81. The Hall–Kier alpha value is -1.60. The first-order chi connectivity index (χ1) is 12.7. The normalized spacial score (nSPS) is 24.5. The number of Topliss-reactive ketones (excluding diaryl/α,β-unsaturated/α-hetero) is 1. The summed E-state index contributed by atoms with van der Waals surface area (Å²) in [5, 5.41) is 19.7. The standard InChI is InChI=1S/C19H17Cl2F2NO3/c20-15-11(3-5-13(22)16(15)21)4-6-14(26)19(23)8-7-18(27,10-25)17-12(19)2-1-9-24-17/h1-3,5,9,25,27H,4,6-8,10H2/t18-,19+/m1/s1. The molecule has 0 aliphatic heterocycles. The minimum Gasteiger partial charge on any atom is -0.393 e. The lowest BCUT2D eigenvalue weighted by atomic mass is 9.72. The molecule has 0 amide bonds. The molecule has 0 saturated carbocycles. The molecule has 2 aromatic rings. The van der Waals surface area contributed by atoms with Crippen molar-refractivity contribution in [2.45, 2.75) is 37.0 Å². The maximum Gasteiger partial charge on any atom is 0.195 e. The van der Waals surface area contributed by atoms with Crippen LogP contribution in [0.25, 0.3) is 0 Å².